The van der Waals surface area contributed by atoms with Crippen LogP contribution in [0.4, 0.5) is 0 Å². The van der Waals surface area contributed by atoms with Gasteiger partial charge < -0.3 is 4.74 Å². The first-order chi connectivity index (χ1) is 7.40. The van der Waals surface area contributed by atoms with Gasteiger partial charge in [0, 0.05) is 11.8 Å². The minimum absolute atomic E-state index is 0.715. The van der Waals surface area contributed by atoms with Gasteiger partial charge in [0.25, 0.3) is 0 Å². The van der Waals surface area contributed by atoms with Gasteiger partial charge in [-0.2, -0.15) is 0 Å². The van der Waals surface area contributed by atoms with E-state index >= 15 is 0 Å². The van der Waals surface area contributed by atoms with Crippen LogP contribution in [0.1, 0.15) is 31.2 Å². The van der Waals surface area contributed by atoms with Crippen LogP contribution >= 0.6 is 0 Å². The first kappa shape index (κ1) is 10.2. The molecule has 1 aliphatic rings. The van der Waals surface area contributed by atoms with Crippen molar-refractivity contribution in [3.8, 4) is 5.88 Å². The Labute approximate surface area is 91.0 Å². The van der Waals surface area contributed by atoms with Crippen LogP contribution in [0.2, 0.25) is 0 Å². The van der Waals surface area contributed by atoms with E-state index in [-0.39, 0.29) is 0 Å². The molecule has 0 aromatic carbocycles. The maximum Gasteiger partial charge on any atom is 0.220 e. The molecule has 2 rings (SSSR count). The normalized spacial score (nSPS) is 15.7. The summed E-state index contributed by atoms with van der Waals surface area (Å²) in [7, 11) is 0. The highest BCUT2D eigenvalue weighted by Crippen LogP contribution is 2.29. The van der Waals surface area contributed by atoms with E-state index in [4.69, 9.17) is 4.74 Å². The lowest BCUT2D eigenvalue weighted by atomic mass is 9.83. The van der Waals surface area contributed by atoms with E-state index in [0.717, 1.165) is 24.5 Å². The van der Waals surface area contributed by atoms with Crippen molar-refractivity contribution < 1.29 is 4.74 Å². The third-order valence-electron chi connectivity index (χ3n) is 3.01. The number of nitrogens with zero attached hydrogens (tertiary/aromatic N) is 1. The van der Waals surface area contributed by atoms with Crippen LogP contribution in [0, 0.1) is 5.92 Å². The maximum absolute atomic E-state index is 5.65. The van der Waals surface area contributed by atoms with Gasteiger partial charge in [-0.15, -0.1) is 0 Å². The molecule has 80 valence electrons. The van der Waals surface area contributed by atoms with Gasteiger partial charge in [-0.1, -0.05) is 31.9 Å². The zero-order chi connectivity index (χ0) is 10.5. The summed E-state index contributed by atoms with van der Waals surface area (Å²) in [4.78, 5) is 4.20. The van der Waals surface area contributed by atoms with E-state index in [2.05, 4.69) is 11.6 Å². The number of hydrogen-bond donors (Lipinski definition) is 0. The summed E-state index contributed by atoms with van der Waals surface area (Å²) >= 11 is 0. The number of hydrogen-bond acceptors (Lipinski definition) is 2. The number of rotatable bonds is 5. The van der Waals surface area contributed by atoms with Gasteiger partial charge in [-0.05, 0) is 24.5 Å². The van der Waals surface area contributed by atoms with Crippen LogP contribution in [-0.4, -0.2) is 11.6 Å². The number of pyridine rings is 1. The van der Waals surface area contributed by atoms with Gasteiger partial charge in [0.15, 0.2) is 0 Å². The van der Waals surface area contributed by atoms with Gasteiger partial charge in [0.1, 0.15) is 0 Å². The molecule has 0 N–H and O–H groups in total. The average molecular weight is 203 g/mol. The molecule has 2 nitrogen and oxygen atoms in total. The second-order valence-corrected chi connectivity index (χ2v) is 4.04. The van der Waals surface area contributed by atoms with Crippen molar-refractivity contribution >= 4 is 6.08 Å². The average Bonchev–Trinajstić information content (AvgIpc) is 2.22. The summed E-state index contributed by atoms with van der Waals surface area (Å²) in [6.07, 6.45) is 8.84. The molecule has 1 aromatic rings. The minimum atomic E-state index is 0.715. The maximum atomic E-state index is 5.65. The molecular formula is C13H17NO. The van der Waals surface area contributed by atoms with Crippen molar-refractivity contribution in [3.63, 3.8) is 0 Å². The Kier molecular flexibility index (Phi) is 3.38. The van der Waals surface area contributed by atoms with Crippen LogP contribution in [0.5, 0.6) is 5.88 Å². The highest BCUT2D eigenvalue weighted by atomic mass is 16.5. The minimum Gasteiger partial charge on any atom is -0.477 e. The second-order valence-electron chi connectivity index (χ2n) is 4.04. The highest BCUT2D eigenvalue weighted by molar-refractivity contribution is 5.52. The predicted molar refractivity (Wildman–Crippen MR) is 61.8 cm³/mol. The first-order valence-electron chi connectivity index (χ1n) is 5.60. The molecular weight excluding hydrogens is 186 g/mol. The zero-order valence-corrected chi connectivity index (χ0v) is 8.98. The summed E-state index contributed by atoms with van der Waals surface area (Å²) in [5, 5.41) is 0. The Bertz CT molecular complexity index is 331. The number of aromatic nitrogens is 1. The van der Waals surface area contributed by atoms with Crippen molar-refractivity contribution in [1.82, 2.24) is 4.98 Å². The van der Waals surface area contributed by atoms with E-state index < -0.39 is 0 Å². The summed E-state index contributed by atoms with van der Waals surface area (Å²) in [6.45, 7) is 4.52. The lowest BCUT2D eigenvalue weighted by molar-refractivity contribution is 0.217. The molecule has 0 aliphatic heterocycles. The summed E-state index contributed by atoms with van der Waals surface area (Å²) in [6, 6.07) is 3.87. The molecule has 0 spiro atoms. The standard InChI is InChI=1S/C13H17NO/c1-2-12-7-4-9-14-13(12)15-10-8-11-5-3-6-11/h2,4,7,9,11H,1,3,5-6,8,10H2. The zero-order valence-electron chi connectivity index (χ0n) is 8.98. The molecule has 2 heteroatoms. The second kappa shape index (κ2) is 4.96. The Hall–Kier alpha value is -1.31. The fraction of sp³-hybridized carbons (Fsp3) is 0.462. The van der Waals surface area contributed by atoms with Gasteiger partial charge in [0.2, 0.25) is 5.88 Å². The van der Waals surface area contributed by atoms with Crippen molar-refractivity contribution in [2.24, 2.45) is 5.92 Å². The molecule has 0 amide bonds. The quantitative estimate of drug-likeness (QED) is 0.732. The van der Waals surface area contributed by atoms with E-state index in [1.54, 1.807) is 12.3 Å². The SMILES string of the molecule is C=Cc1cccnc1OCCC1CCC1. The van der Waals surface area contributed by atoms with E-state index in [1.165, 1.54) is 19.3 Å². The first-order valence-corrected chi connectivity index (χ1v) is 5.60. The molecule has 0 radical (unpaired) electrons. The molecule has 15 heavy (non-hydrogen) atoms. The molecule has 0 unspecified atom stereocenters. The van der Waals surface area contributed by atoms with Crippen LogP contribution < -0.4 is 4.74 Å². The van der Waals surface area contributed by atoms with Crippen LogP contribution in [0.25, 0.3) is 6.08 Å². The van der Waals surface area contributed by atoms with E-state index in [0.29, 0.717) is 5.88 Å². The molecule has 0 atom stereocenters. The summed E-state index contributed by atoms with van der Waals surface area (Å²) in [5.41, 5.74) is 0.978. The van der Waals surface area contributed by atoms with E-state index in [9.17, 15) is 0 Å². The van der Waals surface area contributed by atoms with Crippen LogP contribution in [-0.2, 0) is 0 Å². The summed E-state index contributed by atoms with van der Waals surface area (Å²) < 4.78 is 5.65. The molecule has 0 saturated heterocycles. The fourth-order valence-corrected chi connectivity index (χ4v) is 1.78. The lowest BCUT2D eigenvalue weighted by Gasteiger charge is -2.24. The Morgan fingerprint density at radius 1 is 1.53 bits per heavy atom. The van der Waals surface area contributed by atoms with Gasteiger partial charge >= 0.3 is 0 Å². The highest BCUT2D eigenvalue weighted by Gasteiger charge is 2.17. The van der Waals surface area contributed by atoms with Crippen molar-refractivity contribution in [3.05, 3.63) is 30.5 Å². The fourth-order valence-electron chi connectivity index (χ4n) is 1.78. The number of ether oxygens (including phenoxy) is 1. The topological polar surface area (TPSA) is 22.1 Å². The van der Waals surface area contributed by atoms with Crippen LogP contribution in [0.15, 0.2) is 24.9 Å². The third-order valence-corrected chi connectivity index (χ3v) is 3.01. The van der Waals surface area contributed by atoms with Crippen LogP contribution in [0.3, 0.4) is 0 Å². The van der Waals surface area contributed by atoms with Gasteiger partial charge in [-0.25, -0.2) is 4.98 Å². The molecule has 1 aliphatic carbocycles. The summed E-state index contributed by atoms with van der Waals surface area (Å²) in [5.74, 6) is 1.60. The Morgan fingerprint density at radius 3 is 3.07 bits per heavy atom. The lowest BCUT2D eigenvalue weighted by Crippen LogP contribution is -2.14. The molecule has 0 bridgehead atoms. The Balaban J connectivity index is 1.83. The largest absolute Gasteiger partial charge is 0.477 e. The molecule has 1 heterocycles. The van der Waals surface area contributed by atoms with Crippen molar-refractivity contribution in [1.29, 1.82) is 0 Å². The molecule has 1 saturated carbocycles. The monoisotopic (exact) mass is 203 g/mol. The van der Waals surface area contributed by atoms with Gasteiger partial charge in [0.05, 0.1) is 6.61 Å². The third kappa shape index (κ3) is 2.58. The van der Waals surface area contributed by atoms with Gasteiger partial charge in [-0.3, -0.25) is 0 Å². The van der Waals surface area contributed by atoms with Crippen molar-refractivity contribution in [2.45, 2.75) is 25.7 Å². The van der Waals surface area contributed by atoms with Crippen molar-refractivity contribution in [2.75, 3.05) is 6.61 Å². The molecule has 1 aromatic heterocycles. The predicted octanol–water partition coefficient (Wildman–Crippen LogP) is 3.29. The molecule has 1 fully saturated rings. The Morgan fingerprint density at radius 2 is 2.40 bits per heavy atom. The smallest absolute Gasteiger partial charge is 0.220 e. The van der Waals surface area contributed by atoms with E-state index in [1.807, 2.05) is 12.1 Å².